The molecule has 1 aliphatic rings. The number of nitrogens with two attached hydrogens (primary N) is 1. The van der Waals surface area contributed by atoms with Crippen molar-refractivity contribution < 1.29 is 0 Å². The van der Waals surface area contributed by atoms with Gasteiger partial charge in [0.25, 0.3) is 0 Å². The fraction of sp³-hybridized carbons (Fsp3) is 0.769. The molecule has 0 amide bonds. The third kappa shape index (κ3) is 2.01. The van der Waals surface area contributed by atoms with Crippen LogP contribution >= 0.6 is 0 Å². The van der Waals surface area contributed by atoms with Crippen molar-refractivity contribution in [1.82, 2.24) is 9.78 Å². The minimum Gasteiger partial charge on any atom is -0.320 e. The van der Waals surface area contributed by atoms with Gasteiger partial charge in [0.2, 0.25) is 0 Å². The van der Waals surface area contributed by atoms with Crippen LogP contribution in [-0.2, 0) is 17.5 Å². The first kappa shape index (κ1) is 11.6. The van der Waals surface area contributed by atoms with Crippen molar-refractivity contribution in [2.45, 2.75) is 64.5 Å². The molecule has 0 radical (unpaired) electrons. The van der Waals surface area contributed by atoms with Crippen molar-refractivity contribution in [1.29, 1.82) is 0 Å². The molecule has 0 saturated heterocycles. The van der Waals surface area contributed by atoms with Gasteiger partial charge in [0, 0.05) is 5.69 Å². The molecular formula is C13H23N3. The Morgan fingerprint density at radius 3 is 2.50 bits per heavy atom. The van der Waals surface area contributed by atoms with E-state index in [-0.39, 0.29) is 11.1 Å². The smallest absolute Gasteiger partial charge is 0.0826 e. The highest BCUT2D eigenvalue weighted by Gasteiger charge is 2.43. The Balaban J connectivity index is 2.38. The number of aryl methyl sites for hydroxylation is 1. The molecule has 1 heterocycles. The largest absolute Gasteiger partial charge is 0.320 e. The lowest BCUT2D eigenvalue weighted by atomic mass is 10.1. The quantitative estimate of drug-likeness (QED) is 0.852. The van der Waals surface area contributed by atoms with Crippen LogP contribution in [0.4, 0.5) is 0 Å². The fourth-order valence-corrected chi connectivity index (χ4v) is 2.07. The number of aromatic nitrogens is 2. The maximum Gasteiger partial charge on any atom is 0.0826 e. The van der Waals surface area contributed by atoms with Crippen LogP contribution in [0.1, 0.15) is 58.3 Å². The van der Waals surface area contributed by atoms with E-state index < -0.39 is 0 Å². The van der Waals surface area contributed by atoms with Gasteiger partial charge in [0.15, 0.2) is 0 Å². The van der Waals surface area contributed by atoms with Gasteiger partial charge < -0.3 is 5.73 Å². The van der Waals surface area contributed by atoms with Gasteiger partial charge in [0.05, 0.1) is 16.8 Å². The molecule has 3 nitrogen and oxygen atoms in total. The van der Waals surface area contributed by atoms with Crippen LogP contribution < -0.4 is 5.73 Å². The molecule has 3 heteroatoms. The summed E-state index contributed by atoms with van der Waals surface area (Å²) in [6.07, 6.45) is 4.40. The second-order valence-electron chi connectivity index (χ2n) is 6.01. The van der Waals surface area contributed by atoms with Crippen LogP contribution in [0.2, 0.25) is 0 Å². The maximum absolute atomic E-state index is 6.21. The first-order valence-electron chi connectivity index (χ1n) is 6.25. The number of nitrogens with zero attached hydrogens (tertiary/aromatic N) is 2. The van der Waals surface area contributed by atoms with E-state index in [4.69, 9.17) is 10.8 Å². The molecule has 16 heavy (non-hydrogen) atoms. The van der Waals surface area contributed by atoms with Crippen molar-refractivity contribution in [3.05, 3.63) is 17.5 Å². The Labute approximate surface area is 98.0 Å². The predicted octanol–water partition coefficient (Wildman–Crippen LogP) is 2.54. The van der Waals surface area contributed by atoms with Gasteiger partial charge in [-0.2, -0.15) is 5.10 Å². The molecule has 1 aliphatic carbocycles. The lowest BCUT2D eigenvalue weighted by molar-refractivity contribution is 0.339. The first-order valence-corrected chi connectivity index (χ1v) is 6.25. The molecule has 1 aromatic heterocycles. The van der Waals surface area contributed by atoms with Crippen molar-refractivity contribution in [3.63, 3.8) is 0 Å². The van der Waals surface area contributed by atoms with Gasteiger partial charge in [-0.3, -0.25) is 4.68 Å². The Kier molecular flexibility index (Phi) is 2.61. The summed E-state index contributed by atoms with van der Waals surface area (Å²) in [6.45, 7) is 8.78. The van der Waals surface area contributed by atoms with Gasteiger partial charge >= 0.3 is 0 Å². The average Bonchev–Trinajstić information content (AvgIpc) is 2.76. The Hall–Kier alpha value is -0.830. The van der Waals surface area contributed by atoms with E-state index in [0.717, 1.165) is 31.4 Å². The second-order valence-corrected chi connectivity index (χ2v) is 6.01. The SMILES string of the molecule is CCCc1cc(C2(N)CC2)nn1C(C)(C)C. The zero-order chi connectivity index (χ0) is 12.0. The molecule has 0 aromatic carbocycles. The molecule has 2 N–H and O–H groups in total. The van der Waals surface area contributed by atoms with E-state index in [0.29, 0.717) is 0 Å². The summed E-state index contributed by atoms with van der Waals surface area (Å²) in [5.74, 6) is 0. The highest BCUT2D eigenvalue weighted by molar-refractivity contribution is 5.25. The molecule has 1 aromatic rings. The highest BCUT2D eigenvalue weighted by atomic mass is 15.3. The molecular weight excluding hydrogens is 198 g/mol. The number of hydrogen-bond donors (Lipinski definition) is 1. The van der Waals surface area contributed by atoms with E-state index >= 15 is 0 Å². The molecule has 90 valence electrons. The van der Waals surface area contributed by atoms with E-state index in [2.05, 4.69) is 38.4 Å². The summed E-state index contributed by atoms with van der Waals surface area (Å²) in [6, 6.07) is 2.21. The van der Waals surface area contributed by atoms with E-state index in [1.165, 1.54) is 5.69 Å². The molecule has 2 rings (SSSR count). The van der Waals surface area contributed by atoms with Crippen LogP contribution in [0.15, 0.2) is 6.07 Å². The fourth-order valence-electron chi connectivity index (χ4n) is 2.07. The van der Waals surface area contributed by atoms with Crippen LogP contribution in [-0.4, -0.2) is 9.78 Å². The minimum absolute atomic E-state index is 0.0496. The summed E-state index contributed by atoms with van der Waals surface area (Å²) in [5.41, 5.74) is 8.56. The zero-order valence-electron chi connectivity index (χ0n) is 10.9. The Bertz CT molecular complexity index is 380. The highest BCUT2D eigenvalue weighted by Crippen LogP contribution is 2.42. The average molecular weight is 221 g/mol. The number of rotatable bonds is 3. The van der Waals surface area contributed by atoms with Gasteiger partial charge in [-0.25, -0.2) is 0 Å². The van der Waals surface area contributed by atoms with E-state index in [1.54, 1.807) is 0 Å². The topological polar surface area (TPSA) is 43.8 Å². The van der Waals surface area contributed by atoms with Crippen LogP contribution in [0.3, 0.4) is 0 Å². The number of hydrogen-bond acceptors (Lipinski definition) is 2. The monoisotopic (exact) mass is 221 g/mol. The van der Waals surface area contributed by atoms with Crippen molar-refractivity contribution in [3.8, 4) is 0 Å². The van der Waals surface area contributed by atoms with Crippen LogP contribution in [0.5, 0.6) is 0 Å². The first-order chi connectivity index (χ1) is 7.37. The van der Waals surface area contributed by atoms with Crippen molar-refractivity contribution >= 4 is 0 Å². The van der Waals surface area contributed by atoms with Crippen molar-refractivity contribution in [2.24, 2.45) is 5.73 Å². The predicted molar refractivity (Wildman–Crippen MR) is 66.3 cm³/mol. The molecule has 1 fully saturated rings. The summed E-state index contributed by atoms with van der Waals surface area (Å²) in [7, 11) is 0. The third-order valence-electron chi connectivity index (χ3n) is 3.22. The van der Waals surface area contributed by atoms with Gasteiger partial charge in [-0.1, -0.05) is 13.3 Å². The lowest BCUT2D eigenvalue weighted by Gasteiger charge is -2.22. The molecule has 0 bridgehead atoms. The summed E-state index contributed by atoms with van der Waals surface area (Å²) in [4.78, 5) is 0. The molecule has 1 saturated carbocycles. The molecule has 0 atom stereocenters. The van der Waals surface area contributed by atoms with Gasteiger partial charge in [0.1, 0.15) is 0 Å². The normalized spacial score (nSPS) is 18.8. The minimum atomic E-state index is -0.112. The maximum atomic E-state index is 6.21. The molecule has 0 aliphatic heterocycles. The lowest BCUT2D eigenvalue weighted by Crippen LogP contribution is -2.26. The van der Waals surface area contributed by atoms with Crippen LogP contribution in [0.25, 0.3) is 0 Å². The Morgan fingerprint density at radius 2 is 2.06 bits per heavy atom. The zero-order valence-corrected chi connectivity index (χ0v) is 10.9. The van der Waals surface area contributed by atoms with Gasteiger partial charge in [-0.15, -0.1) is 0 Å². The third-order valence-corrected chi connectivity index (χ3v) is 3.22. The van der Waals surface area contributed by atoms with Crippen LogP contribution in [0, 0.1) is 0 Å². The van der Waals surface area contributed by atoms with E-state index in [1.807, 2.05) is 0 Å². The summed E-state index contributed by atoms with van der Waals surface area (Å²) < 4.78 is 2.15. The molecule has 0 spiro atoms. The molecule has 0 unspecified atom stereocenters. The summed E-state index contributed by atoms with van der Waals surface area (Å²) >= 11 is 0. The summed E-state index contributed by atoms with van der Waals surface area (Å²) in [5, 5.41) is 4.73. The van der Waals surface area contributed by atoms with E-state index in [9.17, 15) is 0 Å². The second kappa shape index (κ2) is 3.59. The van der Waals surface area contributed by atoms with Crippen molar-refractivity contribution in [2.75, 3.05) is 0 Å². The standard InChI is InChI=1S/C13H23N3/c1-5-6-10-9-11(13(14)7-8-13)15-16(10)12(2,3)4/h9H,5-8,14H2,1-4H3. The van der Waals surface area contributed by atoms with Gasteiger partial charge in [-0.05, 0) is 46.1 Å². The Morgan fingerprint density at radius 1 is 1.44 bits per heavy atom.